The molecule has 0 amide bonds. The van der Waals surface area contributed by atoms with Gasteiger partial charge in [0.15, 0.2) is 6.29 Å². The van der Waals surface area contributed by atoms with Crippen molar-refractivity contribution < 1.29 is 4.79 Å². The second-order valence-corrected chi connectivity index (χ2v) is 6.02. The number of hydrogen-bond donors (Lipinski definition) is 0. The topological polar surface area (TPSA) is 30.0 Å². The lowest BCUT2D eigenvalue weighted by molar-refractivity contribution is 0.112. The van der Waals surface area contributed by atoms with Crippen molar-refractivity contribution in [2.24, 2.45) is 0 Å². The van der Waals surface area contributed by atoms with Crippen LogP contribution in [0.15, 0.2) is 18.2 Å². The maximum Gasteiger partial charge on any atom is 0.150 e. The third-order valence-corrected chi connectivity index (χ3v) is 3.21. The molecule has 0 unspecified atom stereocenters. The second kappa shape index (κ2) is 4.36. The van der Waals surface area contributed by atoms with Gasteiger partial charge < -0.3 is 0 Å². The standard InChI is InChI=1S/C15H16ClNO/c1-9-5-11(16)7-12-10(8-18)6-13(15(2,3)4)17-14(9)12/h5-8H,1-4H3. The summed E-state index contributed by atoms with van der Waals surface area (Å²) in [7, 11) is 0. The van der Waals surface area contributed by atoms with E-state index in [9.17, 15) is 4.79 Å². The van der Waals surface area contributed by atoms with Gasteiger partial charge in [-0.1, -0.05) is 32.4 Å². The molecule has 1 aromatic carbocycles. The van der Waals surface area contributed by atoms with Crippen LogP contribution in [0.4, 0.5) is 0 Å². The Bertz CT molecular complexity index is 626. The summed E-state index contributed by atoms with van der Waals surface area (Å²) in [5, 5.41) is 1.46. The van der Waals surface area contributed by atoms with Crippen molar-refractivity contribution in [3.63, 3.8) is 0 Å². The molecule has 0 saturated carbocycles. The van der Waals surface area contributed by atoms with Gasteiger partial charge in [-0.2, -0.15) is 0 Å². The zero-order valence-electron chi connectivity index (χ0n) is 11.0. The predicted octanol–water partition coefficient (Wildman–Crippen LogP) is 4.31. The highest BCUT2D eigenvalue weighted by Crippen LogP contribution is 2.29. The average molecular weight is 262 g/mol. The maximum absolute atomic E-state index is 11.3. The quantitative estimate of drug-likeness (QED) is 0.716. The van der Waals surface area contributed by atoms with Crippen LogP contribution in [-0.4, -0.2) is 11.3 Å². The number of carbonyl (C=O) groups is 1. The van der Waals surface area contributed by atoms with Gasteiger partial charge in [0.25, 0.3) is 0 Å². The first-order valence-electron chi connectivity index (χ1n) is 5.89. The third kappa shape index (κ3) is 2.25. The summed E-state index contributed by atoms with van der Waals surface area (Å²) in [6.07, 6.45) is 0.870. The summed E-state index contributed by atoms with van der Waals surface area (Å²) >= 11 is 6.04. The predicted molar refractivity (Wildman–Crippen MR) is 75.6 cm³/mol. The number of hydrogen-bond acceptors (Lipinski definition) is 2. The fraction of sp³-hybridized carbons (Fsp3) is 0.333. The number of fused-ring (bicyclic) bond motifs is 1. The molecular weight excluding hydrogens is 246 g/mol. The SMILES string of the molecule is Cc1cc(Cl)cc2c(C=O)cc(C(C)(C)C)nc12. The molecule has 0 aliphatic heterocycles. The Morgan fingerprint density at radius 3 is 2.44 bits per heavy atom. The number of aromatic nitrogens is 1. The highest BCUT2D eigenvalue weighted by molar-refractivity contribution is 6.31. The van der Waals surface area contributed by atoms with E-state index in [1.165, 1.54) is 0 Å². The van der Waals surface area contributed by atoms with Gasteiger partial charge in [-0.3, -0.25) is 9.78 Å². The highest BCUT2D eigenvalue weighted by Gasteiger charge is 2.18. The minimum atomic E-state index is -0.0853. The number of carbonyl (C=O) groups excluding carboxylic acids is 1. The van der Waals surface area contributed by atoms with Gasteiger partial charge in [0.1, 0.15) is 0 Å². The Morgan fingerprint density at radius 1 is 1.22 bits per heavy atom. The van der Waals surface area contributed by atoms with E-state index in [1.54, 1.807) is 6.07 Å². The number of aldehydes is 1. The Balaban J connectivity index is 2.88. The maximum atomic E-state index is 11.3. The molecule has 2 aromatic rings. The number of halogens is 1. The van der Waals surface area contributed by atoms with Gasteiger partial charge in [-0.05, 0) is 30.7 Å². The fourth-order valence-electron chi connectivity index (χ4n) is 1.96. The first kappa shape index (κ1) is 13.0. The minimum Gasteiger partial charge on any atom is -0.298 e. The van der Waals surface area contributed by atoms with Gasteiger partial charge in [0.2, 0.25) is 0 Å². The number of rotatable bonds is 1. The molecule has 0 radical (unpaired) electrons. The van der Waals surface area contributed by atoms with E-state index in [2.05, 4.69) is 25.8 Å². The Hall–Kier alpha value is -1.41. The van der Waals surface area contributed by atoms with E-state index < -0.39 is 0 Å². The van der Waals surface area contributed by atoms with Gasteiger partial charge in [-0.15, -0.1) is 0 Å². The fourth-order valence-corrected chi connectivity index (χ4v) is 2.24. The normalized spacial score (nSPS) is 11.8. The van der Waals surface area contributed by atoms with E-state index in [-0.39, 0.29) is 5.41 Å². The van der Waals surface area contributed by atoms with Gasteiger partial charge in [-0.25, -0.2) is 0 Å². The minimum absolute atomic E-state index is 0.0853. The molecule has 2 rings (SSSR count). The number of nitrogens with zero attached hydrogens (tertiary/aromatic N) is 1. The van der Waals surface area contributed by atoms with Gasteiger partial charge >= 0.3 is 0 Å². The van der Waals surface area contributed by atoms with E-state index in [0.717, 1.165) is 28.4 Å². The van der Waals surface area contributed by atoms with Crippen LogP contribution >= 0.6 is 11.6 Å². The van der Waals surface area contributed by atoms with Crippen molar-refractivity contribution in [1.82, 2.24) is 4.98 Å². The van der Waals surface area contributed by atoms with Crippen molar-refractivity contribution >= 4 is 28.8 Å². The summed E-state index contributed by atoms with van der Waals surface area (Å²) < 4.78 is 0. The lowest BCUT2D eigenvalue weighted by Gasteiger charge is -2.19. The monoisotopic (exact) mass is 261 g/mol. The zero-order valence-corrected chi connectivity index (χ0v) is 11.8. The smallest absolute Gasteiger partial charge is 0.150 e. The van der Waals surface area contributed by atoms with Crippen LogP contribution in [0.5, 0.6) is 0 Å². The van der Waals surface area contributed by atoms with Crippen LogP contribution in [0.3, 0.4) is 0 Å². The second-order valence-electron chi connectivity index (χ2n) is 5.58. The molecule has 0 atom stereocenters. The summed E-state index contributed by atoms with van der Waals surface area (Å²) in [5.41, 5.74) is 3.33. The highest BCUT2D eigenvalue weighted by atomic mass is 35.5. The first-order valence-corrected chi connectivity index (χ1v) is 6.27. The molecule has 1 heterocycles. The van der Waals surface area contributed by atoms with Crippen molar-refractivity contribution in [3.05, 3.63) is 40.0 Å². The summed E-state index contributed by atoms with van der Waals surface area (Å²) in [5.74, 6) is 0. The van der Waals surface area contributed by atoms with Crippen LogP contribution < -0.4 is 0 Å². The lowest BCUT2D eigenvalue weighted by atomic mass is 9.89. The van der Waals surface area contributed by atoms with E-state index in [0.29, 0.717) is 10.6 Å². The molecule has 0 saturated heterocycles. The third-order valence-electron chi connectivity index (χ3n) is 3.00. The van der Waals surface area contributed by atoms with Crippen molar-refractivity contribution in [2.75, 3.05) is 0 Å². The zero-order chi connectivity index (χ0) is 13.5. The Morgan fingerprint density at radius 2 is 1.89 bits per heavy atom. The summed E-state index contributed by atoms with van der Waals surface area (Å²) in [6, 6.07) is 5.52. The van der Waals surface area contributed by atoms with Gasteiger partial charge in [0.05, 0.1) is 5.52 Å². The number of benzene rings is 1. The summed E-state index contributed by atoms with van der Waals surface area (Å²) in [6.45, 7) is 8.21. The molecule has 0 N–H and O–H groups in total. The molecular formula is C15H16ClNO. The molecule has 0 bridgehead atoms. The Kier molecular flexibility index (Phi) is 3.16. The van der Waals surface area contributed by atoms with Crippen LogP contribution in [0.1, 0.15) is 42.4 Å². The van der Waals surface area contributed by atoms with E-state index in [1.807, 2.05) is 19.1 Å². The van der Waals surface area contributed by atoms with Crippen molar-refractivity contribution in [2.45, 2.75) is 33.1 Å². The molecule has 18 heavy (non-hydrogen) atoms. The van der Waals surface area contributed by atoms with Crippen LogP contribution in [0.25, 0.3) is 10.9 Å². The van der Waals surface area contributed by atoms with Crippen LogP contribution in [0.2, 0.25) is 5.02 Å². The molecule has 3 heteroatoms. The van der Waals surface area contributed by atoms with Gasteiger partial charge in [0, 0.05) is 27.1 Å². The van der Waals surface area contributed by atoms with Crippen molar-refractivity contribution in [1.29, 1.82) is 0 Å². The molecule has 0 aliphatic carbocycles. The molecule has 1 aromatic heterocycles. The molecule has 0 spiro atoms. The first-order chi connectivity index (χ1) is 8.32. The number of aryl methyl sites for hydroxylation is 1. The average Bonchev–Trinajstić information content (AvgIpc) is 2.26. The van der Waals surface area contributed by atoms with E-state index >= 15 is 0 Å². The Labute approximate surface area is 112 Å². The number of pyridine rings is 1. The molecule has 0 aliphatic rings. The summed E-state index contributed by atoms with van der Waals surface area (Å²) in [4.78, 5) is 15.9. The molecule has 2 nitrogen and oxygen atoms in total. The van der Waals surface area contributed by atoms with E-state index in [4.69, 9.17) is 11.6 Å². The van der Waals surface area contributed by atoms with Crippen LogP contribution in [0, 0.1) is 6.92 Å². The van der Waals surface area contributed by atoms with Crippen molar-refractivity contribution in [3.8, 4) is 0 Å². The molecule has 0 fully saturated rings. The largest absolute Gasteiger partial charge is 0.298 e. The molecule has 94 valence electrons. The lowest BCUT2D eigenvalue weighted by Crippen LogP contribution is -2.14. The van der Waals surface area contributed by atoms with Crippen LogP contribution in [-0.2, 0) is 5.41 Å².